The Bertz CT molecular complexity index is 1330. The minimum Gasteiger partial charge on any atom is -0.325 e. The highest BCUT2D eigenvalue weighted by Gasteiger charge is 2.37. The van der Waals surface area contributed by atoms with Crippen LogP contribution in [-0.4, -0.2) is 41.2 Å². The molecule has 0 bridgehead atoms. The van der Waals surface area contributed by atoms with Crippen LogP contribution >= 0.6 is 7.37 Å². The first-order valence-corrected chi connectivity index (χ1v) is 14.5. The molecule has 2 aromatic heterocycles. The highest BCUT2D eigenvalue weighted by atomic mass is 31.2. The molecule has 2 N–H and O–H groups in total. The van der Waals surface area contributed by atoms with Gasteiger partial charge < -0.3 is 10.3 Å². The van der Waals surface area contributed by atoms with Gasteiger partial charge in [0.2, 0.25) is 0 Å². The monoisotopic (exact) mass is 531 g/mol. The van der Waals surface area contributed by atoms with Crippen LogP contribution in [0.25, 0.3) is 11.3 Å². The molecule has 0 saturated heterocycles. The van der Waals surface area contributed by atoms with Gasteiger partial charge in [0.25, 0.3) is 0 Å². The SMILES string of the molecule is C[C@H]1C[C@@H](c2ccncc2CC(=O)c2ccc(F)c(-c3c(F)cccc3F)n2)C[C@@H](N)[C@H]1OP(C)(C)=O. The number of hydrogen-bond donors (Lipinski definition) is 1. The molecule has 2 heterocycles. The summed E-state index contributed by atoms with van der Waals surface area (Å²) in [4.78, 5) is 21.3. The van der Waals surface area contributed by atoms with Gasteiger partial charge in [-0.25, -0.2) is 18.2 Å². The molecule has 196 valence electrons. The van der Waals surface area contributed by atoms with Crippen LogP contribution in [0.3, 0.4) is 0 Å². The first-order chi connectivity index (χ1) is 17.4. The molecule has 37 heavy (non-hydrogen) atoms. The lowest BCUT2D eigenvalue weighted by Gasteiger charge is -2.40. The Morgan fingerprint density at radius 2 is 1.78 bits per heavy atom. The number of aromatic nitrogens is 2. The van der Waals surface area contributed by atoms with Crippen LogP contribution < -0.4 is 5.73 Å². The van der Waals surface area contributed by atoms with Crippen LogP contribution in [-0.2, 0) is 15.5 Å². The summed E-state index contributed by atoms with van der Waals surface area (Å²) in [5.41, 5.74) is 6.70. The first-order valence-electron chi connectivity index (χ1n) is 12.0. The van der Waals surface area contributed by atoms with Crippen molar-refractivity contribution in [3.63, 3.8) is 0 Å². The van der Waals surface area contributed by atoms with Gasteiger partial charge in [-0.2, -0.15) is 0 Å². The summed E-state index contributed by atoms with van der Waals surface area (Å²) in [7, 11) is -2.71. The zero-order valence-corrected chi connectivity index (χ0v) is 21.7. The second kappa shape index (κ2) is 10.9. The predicted octanol–water partition coefficient (Wildman–Crippen LogP) is 5.75. The van der Waals surface area contributed by atoms with Gasteiger partial charge in [-0.15, -0.1) is 0 Å². The van der Waals surface area contributed by atoms with Crippen LogP contribution in [0.15, 0.2) is 48.8 Å². The van der Waals surface area contributed by atoms with E-state index in [1.165, 1.54) is 12.1 Å². The third-order valence-corrected chi connectivity index (χ3v) is 7.39. The number of nitrogens with two attached hydrogens (primary N) is 1. The van der Waals surface area contributed by atoms with E-state index in [2.05, 4.69) is 9.97 Å². The first kappa shape index (κ1) is 27.2. The zero-order chi connectivity index (χ0) is 26.9. The quantitative estimate of drug-likeness (QED) is 0.308. The van der Waals surface area contributed by atoms with Gasteiger partial charge in [0.15, 0.2) is 13.2 Å². The van der Waals surface area contributed by atoms with E-state index in [0.29, 0.717) is 12.0 Å². The summed E-state index contributed by atoms with van der Waals surface area (Å²) in [6.07, 6.45) is 4.12. The molecule has 0 radical (unpaired) electrons. The predicted molar refractivity (Wildman–Crippen MR) is 135 cm³/mol. The topological polar surface area (TPSA) is 95.2 Å². The number of rotatable bonds is 7. The van der Waals surface area contributed by atoms with Crippen LogP contribution in [0, 0.1) is 23.4 Å². The number of ketones is 1. The fraction of sp³-hybridized carbons (Fsp3) is 0.370. The zero-order valence-electron chi connectivity index (χ0n) is 20.8. The number of halogens is 3. The molecule has 4 rings (SSSR count). The van der Waals surface area contributed by atoms with E-state index < -0.39 is 41.9 Å². The van der Waals surface area contributed by atoms with Crippen LogP contribution in [0.4, 0.5) is 13.2 Å². The highest BCUT2D eigenvalue weighted by molar-refractivity contribution is 7.57. The lowest BCUT2D eigenvalue weighted by atomic mass is 9.74. The lowest BCUT2D eigenvalue weighted by molar-refractivity contribution is 0.0777. The van der Waals surface area contributed by atoms with E-state index in [9.17, 15) is 22.5 Å². The summed E-state index contributed by atoms with van der Waals surface area (Å²) in [6, 6.07) is 6.85. The van der Waals surface area contributed by atoms with E-state index in [1.807, 2.05) is 13.0 Å². The van der Waals surface area contributed by atoms with E-state index in [4.69, 9.17) is 10.3 Å². The smallest absolute Gasteiger partial charge is 0.197 e. The van der Waals surface area contributed by atoms with Crippen molar-refractivity contribution in [3.8, 4) is 11.3 Å². The molecule has 6 nitrogen and oxygen atoms in total. The van der Waals surface area contributed by atoms with E-state index in [-0.39, 0.29) is 36.1 Å². The van der Waals surface area contributed by atoms with Crippen molar-refractivity contribution in [2.45, 2.75) is 44.2 Å². The Labute approximate surface area is 213 Å². The third kappa shape index (κ3) is 6.17. The van der Waals surface area contributed by atoms with Crippen molar-refractivity contribution in [3.05, 3.63) is 83.1 Å². The average molecular weight is 532 g/mol. The minimum absolute atomic E-state index is 0.0213. The Morgan fingerprint density at radius 1 is 1.08 bits per heavy atom. The van der Waals surface area contributed by atoms with Crippen LogP contribution in [0.2, 0.25) is 0 Å². The van der Waals surface area contributed by atoms with Gasteiger partial charge in [0.1, 0.15) is 28.8 Å². The van der Waals surface area contributed by atoms with Gasteiger partial charge in [-0.05, 0) is 66.1 Å². The van der Waals surface area contributed by atoms with Crippen molar-refractivity contribution < 1.29 is 27.1 Å². The van der Waals surface area contributed by atoms with Gasteiger partial charge in [-0.3, -0.25) is 14.3 Å². The average Bonchev–Trinajstić information content (AvgIpc) is 2.82. The molecule has 0 spiro atoms. The van der Waals surface area contributed by atoms with Crippen molar-refractivity contribution in [1.29, 1.82) is 0 Å². The van der Waals surface area contributed by atoms with Crippen molar-refractivity contribution in [2.75, 3.05) is 13.3 Å². The number of Topliss-reactive ketones (excluding diaryl/α,β-unsaturated/α-hetero) is 1. The second-order valence-electron chi connectivity index (χ2n) is 9.93. The number of carbonyl (C=O) groups is 1. The van der Waals surface area contributed by atoms with Gasteiger partial charge >= 0.3 is 0 Å². The maximum Gasteiger partial charge on any atom is 0.197 e. The molecule has 0 unspecified atom stereocenters. The van der Waals surface area contributed by atoms with Crippen molar-refractivity contribution in [2.24, 2.45) is 11.7 Å². The maximum atomic E-state index is 14.5. The standard InChI is InChI=1S/C27H29F3N3O3P/c1-15-11-16(12-22(31)27(15)36-37(2,3)35)18-9-10-32-14-17(18)13-24(34)23-8-7-21(30)26(33-23)25-19(28)5-4-6-20(25)29/h4-10,14-16,22,27H,11-13,31H2,1-3H3/t15-,16+,22+,27-/m0/s1. The third-order valence-electron chi connectivity index (χ3n) is 6.63. The molecular formula is C27H29F3N3O3P. The normalized spacial score (nSPS) is 22.1. The molecule has 1 aromatic carbocycles. The van der Waals surface area contributed by atoms with Crippen LogP contribution in [0.5, 0.6) is 0 Å². The van der Waals surface area contributed by atoms with Gasteiger partial charge in [0, 0.05) is 38.2 Å². The molecule has 10 heteroatoms. The number of hydrogen-bond acceptors (Lipinski definition) is 6. The van der Waals surface area contributed by atoms with Gasteiger partial charge in [-0.1, -0.05) is 13.0 Å². The Kier molecular flexibility index (Phi) is 7.97. The van der Waals surface area contributed by atoms with E-state index >= 15 is 0 Å². The molecule has 1 aliphatic rings. The maximum absolute atomic E-state index is 14.5. The lowest BCUT2D eigenvalue weighted by Crippen LogP contribution is -2.46. The molecule has 1 fully saturated rings. The number of nitrogens with zero attached hydrogens (tertiary/aromatic N) is 2. The second-order valence-corrected chi connectivity index (χ2v) is 12.6. The highest BCUT2D eigenvalue weighted by Crippen LogP contribution is 2.46. The molecular weight excluding hydrogens is 502 g/mol. The van der Waals surface area contributed by atoms with E-state index in [1.54, 1.807) is 25.7 Å². The minimum atomic E-state index is -2.71. The van der Waals surface area contributed by atoms with E-state index in [0.717, 1.165) is 30.2 Å². The molecule has 1 aliphatic carbocycles. The molecule has 3 aromatic rings. The molecule has 4 atom stereocenters. The fourth-order valence-corrected chi connectivity index (χ4v) is 5.99. The Balaban J connectivity index is 1.58. The molecule has 1 saturated carbocycles. The molecule has 0 amide bonds. The Hall–Kier alpha value is -2.87. The van der Waals surface area contributed by atoms with Crippen LogP contribution in [0.1, 0.15) is 47.3 Å². The summed E-state index contributed by atoms with van der Waals surface area (Å²) in [5, 5.41) is 0. The number of carbonyl (C=O) groups excluding carboxylic acids is 1. The summed E-state index contributed by atoms with van der Waals surface area (Å²) in [5.74, 6) is -3.27. The number of pyridine rings is 2. The van der Waals surface area contributed by atoms with Crippen molar-refractivity contribution >= 4 is 13.2 Å². The largest absolute Gasteiger partial charge is 0.325 e. The Morgan fingerprint density at radius 3 is 2.43 bits per heavy atom. The number of benzene rings is 1. The fourth-order valence-electron chi connectivity index (χ4n) is 5.04. The summed E-state index contributed by atoms with van der Waals surface area (Å²) >= 11 is 0. The van der Waals surface area contributed by atoms with Crippen molar-refractivity contribution in [1.82, 2.24) is 9.97 Å². The van der Waals surface area contributed by atoms with Gasteiger partial charge in [0.05, 0.1) is 11.7 Å². The summed E-state index contributed by atoms with van der Waals surface area (Å²) in [6.45, 7) is 5.14. The molecule has 0 aliphatic heterocycles. The summed E-state index contributed by atoms with van der Waals surface area (Å²) < 4.78 is 61.0.